The molecule has 0 bridgehead atoms. The molecule has 2 heterocycles. The van der Waals surface area contributed by atoms with Gasteiger partial charge in [-0.05, 0) is 24.8 Å². The van der Waals surface area contributed by atoms with E-state index in [1.165, 1.54) is 6.42 Å². The Morgan fingerprint density at radius 3 is 2.62 bits per heavy atom. The average molecular weight is 333 g/mol. The summed E-state index contributed by atoms with van der Waals surface area (Å²) >= 11 is 0. The molecule has 0 radical (unpaired) electrons. The van der Waals surface area contributed by atoms with Crippen molar-refractivity contribution in [2.45, 2.75) is 38.5 Å². The summed E-state index contributed by atoms with van der Waals surface area (Å²) in [7, 11) is 1.82. The molecule has 0 aromatic carbocycles. The minimum absolute atomic E-state index is 0.0481. The Morgan fingerprint density at radius 1 is 1.29 bits per heavy atom. The van der Waals surface area contributed by atoms with Gasteiger partial charge in [-0.2, -0.15) is 5.10 Å². The number of aryl methyl sites for hydroxylation is 1. The number of nitrogens with two attached hydrogens (primary N) is 1. The Morgan fingerprint density at radius 2 is 2.04 bits per heavy atom. The third-order valence-corrected chi connectivity index (χ3v) is 5.45. The monoisotopic (exact) mass is 333 g/mol. The zero-order valence-corrected chi connectivity index (χ0v) is 14.4. The Balaban J connectivity index is 1.60. The van der Waals surface area contributed by atoms with E-state index < -0.39 is 0 Å². The number of hydrogen-bond donors (Lipinski definition) is 1. The molecule has 0 spiro atoms. The fraction of sp³-hybridized carbons (Fsp3) is 0.706. The van der Waals surface area contributed by atoms with Crippen molar-refractivity contribution in [3.05, 3.63) is 12.4 Å². The molecule has 1 saturated heterocycles. The maximum atomic E-state index is 12.7. The Labute approximate surface area is 142 Å². The summed E-state index contributed by atoms with van der Waals surface area (Å²) in [5.41, 5.74) is 6.72. The van der Waals surface area contributed by atoms with E-state index in [9.17, 15) is 9.59 Å². The third-order valence-electron chi connectivity index (χ3n) is 5.45. The number of piperazine rings is 1. The molecule has 2 N–H and O–H groups in total. The molecule has 1 aromatic heterocycles. The fourth-order valence-electron chi connectivity index (χ4n) is 3.89. The summed E-state index contributed by atoms with van der Waals surface area (Å²) in [5.74, 6) is 0.0228. The molecule has 2 fully saturated rings. The fourth-order valence-corrected chi connectivity index (χ4v) is 3.89. The van der Waals surface area contributed by atoms with Crippen molar-refractivity contribution >= 4 is 17.5 Å². The number of nitrogens with zero attached hydrogens (tertiary/aromatic N) is 4. The summed E-state index contributed by atoms with van der Waals surface area (Å²) < 4.78 is 1.67. The van der Waals surface area contributed by atoms with E-state index >= 15 is 0 Å². The highest BCUT2D eigenvalue weighted by atomic mass is 16.2. The zero-order valence-electron chi connectivity index (χ0n) is 14.4. The SMILES string of the molecule is Cn1cc(N2CCN(C(=O)CC3(CN)CCCCC3)CC2=O)cn1. The first-order valence-electron chi connectivity index (χ1n) is 8.80. The Bertz CT molecular complexity index is 606. The molecule has 0 unspecified atom stereocenters. The van der Waals surface area contributed by atoms with Gasteiger partial charge in [0.15, 0.2) is 0 Å². The second-order valence-electron chi connectivity index (χ2n) is 7.17. The van der Waals surface area contributed by atoms with Gasteiger partial charge in [-0.25, -0.2) is 0 Å². The zero-order chi connectivity index (χ0) is 17.2. The minimum Gasteiger partial charge on any atom is -0.332 e. The standard InChI is InChI=1S/C17H27N5O2/c1-20-11-14(10-19-20)22-8-7-21(12-16(22)24)15(23)9-17(13-18)5-3-2-4-6-17/h10-11H,2-9,12-13,18H2,1H3. The van der Waals surface area contributed by atoms with Gasteiger partial charge in [-0.3, -0.25) is 14.3 Å². The van der Waals surface area contributed by atoms with Crippen molar-refractivity contribution in [2.75, 3.05) is 31.1 Å². The van der Waals surface area contributed by atoms with E-state index in [0.29, 0.717) is 26.1 Å². The number of hydrogen-bond acceptors (Lipinski definition) is 4. The largest absolute Gasteiger partial charge is 0.332 e. The molecule has 3 rings (SSSR count). The van der Waals surface area contributed by atoms with Crippen LogP contribution in [-0.2, 0) is 16.6 Å². The number of rotatable bonds is 4. The molecule has 2 aliphatic rings. The molecule has 0 atom stereocenters. The van der Waals surface area contributed by atoms with Crippen molar-refractivity contribution in [2.24, 2.45) is 18.2 Å². The summed E-state index contributed by atoms with van der Waals surface area (Å²) in [6.45, 7) is 1.79. The maximum absolute atomic E-state index is 12.7. The van der Waals surface area contributed by atoms with E-state index in [2.05, 4.69) is 5.10 Å². The van der Waals surface area contributed by atoms with Crippen LogP contribution in [-0.4, -0.2) is 52.7 Å². The second-order valence-corrected chi connectivity index (χ2v) is 7.17. The number of amides is 2. The lowest BCUT2D eigenvalue weighted by Gasteiger charge is -2.39. The lowest BCUT2D eigenvalue weighted by atomic mass is 9.71. The Kier molecular flexibility index (Phi) is 4.89. The van der Waals surface area contributed by atoms with Crippen molar-refractivity contribution in [3.8, 4) is 0 Å². The van der Waals surface area contributed by atoms with E-state index in [1.807, 2.05) is 13.2 Å². The van der Waals surface area contributed by atoms with Gasteiger partial charge in [-0.1, -0.05) is 19.3 Å². The molecule has 24 heavy (non-hydrogen) atoms. The molecule has 1 aliphatic heterocycles. The van der Waals surface area contributed by atoms with Crippen molar-refractivity contribution in [1.82, 2.24) is 14.7 Å². The van der Waals surface area contributed by atoms with Crippen LogP contribution in [0.4, 0.5) is 5.69 Å². The molecular weight excluding hydrogens is 306 g/mol. The van der Waals surface area contributed by atoms with Gasteiger partial charge in [0.25, 0.3) is 0 Å². The lowest BCUT2D eigenvalue weighted by molar-refractivity contribution is -0.139. The van der Waals surface area contributed by atoms with Crippen LogP contribution in [0.1, 0.15) is 38.5 Å². The van der Waals surface area contributed by atoms with E-state index in [0.717, 1.165) is 31.4 Å². The highest BCUT2D eigenvalue weighted by Gasteiger charge is 2.36. The van der Waals surface area contributed by atoms with Crippen LogP contribution in [0.2, 0.25) is 0 Å². The number of carbonyl (C=O) groups is 2. The predicted molar refractivity (Wildman–Crippen MR) is 91.3 cm³/mol. The predicted octanol–water partition coefficient (Wildman–Crippen LogP) is 0.895. The summed E-state index contributed by atoms with van der Waals surface area (Å²) in [4.78, 5) is 28.5. The topological polar surface area (TPSA) is 84.5 Å². The molecule has 132 valence electrons. The first-order valence-corrected chi connectivity index (χ1v) is 8.80. The Hall–Kier alpha value is -1.89. The molecule has 7 heteroatoms. The lowest BCUT2D eigenvalue weighted by Crippen LogP contribution is -2.53. The van der Waals surface area contributed by atoms with Crippen LogP contribution in [0, 0.1) is 5.41 Å². The van der Waals surface area contributed by atoms with Gasteiger partial charge < -0.3 is 15.5 Å². The first-order chi connectivity index (χ1) is 11.5. The van der Waals surface area contributed by atoms with Crippen LogP contribution < -0.4 is 10.6 Å². The summed E-state index contributed by atoms with van der Waals surface area (Å²) in [6.07, 6.45) is 9.57. The molecular formula is C17H27N5O2. The normalized spacial score (nSPS) is 21.2. The quantitative estimate of drug-likeness (QED) is 0.887. The van der Waals surface area contributed by atoms with Gasteiger partial charge >= 0.3 is 0 Å². The van der Waals surface area contributed by atoms with Gasteiger partial charge in [-0.15, -0.1) is 0 Å². The highest BCUT2D eigenvalue weighted by Crippen LogP contribution is 2.38. The van der Waals surface area contributed by atoms with Crippen LogP contribution in [0.5, 0.6) is 0 Å². The number of anilines is 1. The van der Waals surface area contributed by atoms with E-state index in [1.54, 1.807) is 20.7 Å². The van der Waals surface area contributed by atoms with Gasteiger partial charge in [0.2, 0.25) is 11.8 Å². The van der Waals surface area contributed by atoms with Crippen molar-refractivity contribution in [1.29, 1.82) is 0 Å². The first kappa shape index (κ1) is 17.0. The van der Waals surface area contributed by atoms with Crippen molar-refractivity contribution in [3.63, 3.8) is 0 Å². The summed E-state index contributed by atoms with van der Waals surface area (Å²) in [5, 5.41) is 4.11. The highest BCUT2D eigenvalue weighted by molar-refractivity contribution is 5.97. The third kappa shape index (κ3) is 3.45. The van der Waals surface area contributed by atoms with Gasteiger partial charge in [0.05, 0.1) is 11.9 Å². The maximum Gasteiger partial charge on any atom is 0.246 e. The molecule has 1 saturated carbocycles. The minimum atomic E-state index is -0.0567. The van der Waals surface area contributed by atoms with Crippen LogP contribution in [0.3, 0.4) is 0 Å². The molecule has 1 aliphatic carbocycles. The van der Waals surface area contributed by atoms with E-state index in [-0.39, 0.29) is 23.8 Å². The van der Waals surface area contributed by atoms with E-state index in [4.69, 9.17) is 5.73 Å². The summed E-state index contributed by atoms with van der Waals surface area (Å²) in [6, 6.07) is 0. The van der Waals surface area contributed by atoms with Crippen molar-refractivity contribution < 1.29 is 9.59 Å². The van der Waals surface area contributed by atoms with Crippen LogP contribution >= 0.6 is 0 Å². The van der Waals surface area contributed by atoms with Crippen LogP contribution in [0.25, 0.3) is 0 Å². The van der Waals surface area contributed by atoms with Gasteiger partial charge in [0.1, 0.15) is 6.54 Å². The molecule has 7 nitrogen and oxygen atoms in total. The smallest absolute Gasteiger partial charge is 0.246 e. The van der Waals surface area contributed by atoms with Crippen LogP contribution in [0.15, 0.2) is 12.4 Å². The average Bonchev–Trinajstić information content (AvgIpc) is 3.01. The second kappa shape index (κ2) is 6.93. The molecule has 1 aromatic rings. The number of carbonyl (C=O) groups excluding carboxylic acids is 2. The number of aromatic nitrogens is 2. The molecule has 2 amide bonds. The van der Waals surface area contributed by atoms with Gasteiger partial charge in [0, 0.05) is 32.8 Å².